The van der Waals surface area contributed by atoms with Crippen molar-refractivity contribution in [3.05, 3.63) is 12.7 Å². The molecular weight excluding hydrogens is 247 g/mol. The quantitative estimate of drug-likeness (QED) is 0.264. The Morgan fingerprint density at radius 1 is 1.12 bits per heavy atom. The SMILES string of the molecule is C=CC(=O)O.O=P(OCO)(OCO)OCO. The summed E-state index contributed by atoms with van der Waals surface area (Å²) < 4.78 is 23.0. The van der Waals surface area contributed by atoms with Crippen molar-refractivity contribution in [2.75, 3.05) is 20.4 Å². The van der Waals surface area contributed by atoms with Crippen molar-refractivity contribution >= 4 is 13.8 Å². The van der Waals surface area contributed by atoms with Gasteiger partial charge in [0.05, 0.1) is 0 Å². The summed E-state index contributed by atoms with van der Waals surface area (Å²) in [5, 5.41) is 32.0. The van der Waals surface area contributed by atoms with Crippen molar-refractivity contribution in [1.82, 2.24) is 0 Å². The molecule has 96 valence electrons. The molecule has 0 spiro atoms. The smallest absolute Gasteiger partial charge is 0.478 e. The fourth-order valence-corrected chi connectivity index (χ4v) is 0.972. The molecule has 0 radical (unpaired) electrons. The van der Waals surface area contributed by atoms with E-state index in [0.29, 0.717) is 0 Å². The highest BCUT2D eigenvalue weighted by atomic mass is 31.2. The predicted molar refractivity (Wildman–Crippen MR) is 50.0 cm³/mol. The van der Waals surface area contributed by atoms with Crippen LogP contribution in [0, 0.1) is 0 Å². The Bertz CT molecular complexity index is 216. The molecule has 0 aliphatic rings. The van der Waals surface area contributed by atoms with E-state index in [9.17, 15) is 9.36 Å². The molecule has 0 heterocycles. The lowest BCUT2D eigenvalue weighted by molar-refractivity contribution is -0.131. The van der Waals surface area contributed by atoms with E-state index in [4.69, 9.17) is 20.4 Å². The van der Waals surface area contributed by atoms with E-state index in [2.05, 4.69) is 20.2 Å². The summed E-state index contributed by atoms with van der Waals surface area (Å²) in [6, 6.07) is 0. The summed E-state index contributed by atoms with van der Waals surface area (Å²) in [5.74, 6) is -0.981. The van der Waals surface area contributed by atoms with Crippen LogP contribution < -0.4 is 0 Å². The average Bonchev–Trinajstić information content (AvgIpc) is 2.19. The summed E-state index contributed by atoms with van der Waals surface area (Å²) >= 11 is 0. The molecule has 0 aliphatic heterocycles. The van der Waals surface area contributed by atoms with Gasteiger partial charge in [0.25, 0.3) is 0 Å². The number of hydrogen-bond donors (Lipinski definition) is 4. The molecule has 10 heteroatoms. The molecule has 16 heavy (non-hydrogen) atoms. The third-order valence-electron chi connectivity index (χ3n) is 0.822. The number of aliphatic hydroxyl groups is 3. The van der Waals surface area contributed by atoms with E-state index in [1.165, 1.54) is 0 Å². The van der Waals surface area contributed by atoms with Crippen molar-refractivity contribution in [3.8, 4) is 0 Å². The Labute approximate surface area is 91.1 Å². The average molecular weight is 260 g/mol. The van der Waals surface area contributed by atoms with Crippen LogP contribution >= 0.6 is 7.82 Å². The number of carboxylic acids is 1. The molecule has 0 rings (SSSR count). The van der Waals surface area contributed by atoms with Crippen molar-refractivity contribution in [2.24, 2.45) is 0 Å². The zero-order chi connectivity index (χ0) is 13.0. The van der Waals surface area contributed by atoms with Crippen LogP contribution in [0.1, 0.15) is 0 Å². The van der Waals surface area contributed by atoms with Crippen LogP contribution in [0.4, 0.5) is 0 Å². The zero-order valence-electron chi connectivity index (χ0n) is 8.18. The standard InChI is InChI=1S/C3H9O7P.C3H4O2/c4-1-8-11(7,9-2-5)10-3-6;1-2-3(4)5/h4-6H,1-3H2;2H,1H2,(H,4,5). The lowest BCUT2D eigenvalue weighted by Gasteiger charge is -2.12. The Balaban J connectivity index is 0. The van der Waals surface area contributed by atoms with E-state index in [1.54, 1.807) is 0 Å². The first-order chi connectivity index (χ1) is 7.45. The molecule has 0 aromatic heterocycles. The topological polar surface area (TPSA) is 143 Å². The van der Waals surface area contributed by atoms with Gasteiger partial charge in [-0.3, -0.25) is 13.6 Å². The lowest BCUT2D eigenvalue weighted by Crippen LogP contribution is -2.02. The van der Waals surface area contributed by atoms with Crippen molar-refractivity contribution in [3.63, 3.8) is 0 Å². The third-order valence-corrected chi connectivity index (χ3v) is 2.12. The molecule has 0 fully saturated rings. The Hall–Kier alpha value is -0.800. The number of carbonyl (C=O) groups is 1. The third kappa shape index (κ3) is 11.3. The fourth-order valence-electron chi connectivity index (χ4n) is 0.324. The highest BCUT2D eigenvalue weighted by Crippen LogP contribution is 2.48. The van der Waals surface area contributed by atoms with Crippen LogP contribution in [-0.2, 0) is 22.9 Å². The van der Waals surface area contributed by atoms with Gasteiger partial charge in [0.1, 0.15) is 0 Å². The fraction of sp³-hybridized carbons (Fsp3) is 0.500. The number of carboxylic acid groups (broad SMARTS) is 1. The maximum atomic E-state index is 10.9. The molecule has 0 aliphatic carbocycles. The van der Waals surface area contributed by atoms with E-state index in [1.807, 2.05) is 0 Å². The van der Waals surface area contributed by atoms with E-state index in [-0.39, 0.29) is 0 Å². The highest BCUT2D eigenvalue weighted by Gasteiger charge is 2.25. The first-order valence-corrected chi connectivity index (χ1v) is 5.13. The summed E-state index contributed by atoms with van der Waals surface area (Å²) in [6.45, 7) is 0.286. The minimum Gasteiger partial charge on any atom is -0.478 e. The van der Waals surface area contributed by atoms with Crippen LogP contribution in [0.3, 0.4) is 0 Å². The second kappa shape index (κ2) is 10.7. The second-order valence-electron chi connectivity index (χ2n) is 1.76. The first kappa shape index (κ1) is 17.6. The molecule has 0 bridgehead atoms. The highest BCUT2D eigenvalue weighted by molar-refractivity contribution is 7.48. The largest absolute Gasteiger partial charge is 0.481 e. The molecule has 4 N–H and O–H groups in total. The van der Waals surface area contributed by atoms with Crippen LogP contribution in [0.15, 0.2) is 12.7 Å². The Morgan fingerprint density at radius 3 is 1.50 bits per heavy atom. The number of phosphoric acid groups is 1. The van der Waals surface area contributed by atoms with Crippen molar-refractivity contribution in [2.45, 2.75) is 0 Å². The maximum Gasteiger partial charge on any atom is 0.481 e. The van der Waals surface area contributed by atoms with Gasteiger partial charge in [-0.15, -0.1) is 0 Å². The molecular formula is C6H13O9P. The number of aliphatic hydroxyl groups excluding tert-OH is 3. The van der Waals surface area contributed by atoms with Gasteiger partial charge in [-0.05, 0) is 0 Å². The lowest BCUT2D eigenvalue weighted by atomic mass is 10.7. The van der Waals surface area contributed by atoms with Gasteiger partial charge in [0.15, 0.2) is 20.4 Å². The Kier molecular flexibility index (Phi) is 11.8. The van der Waals surface area contributed by atoms with Crippen molar-refractivity contribution in [1.29, 1.82) is 0 Å². The monoisotopic (exact) mass is 260 g/mol. The maximum absolute atomic E-state index is 10.9. The molecule has 9 nitrogen and oxygen atoms in total. The minimum atomic E-state index is -3.97. The first-order valence-electron chi connectivity index (χ1n) is 3.67. The molecule has 0 aromatic rings. The van der Waals surface area contributed by atoms with Gasteiger partial charge in [0, 0.05) is 6.08 Å². The molecule has 0 atom stereocenters. The van der Waals surface area contributed by atoms with Gasteiger partial charge in [-0.25, -0.2) is 9.36 Å². The van der Waals surface area contributed by atoms with Crippen LogP contribution in [0.2, 0.25) is 0 Å². The van der Waals surface area contributed by atoms with Crippen molar-refractivity contribution < 1.29 is 43.4 Å². The van der Waals surface area contributed by atoms with E-state index >= 15 is 0 Å². The molecule has 0 unspecified atom stereocenters. The molecule has 0 aromatic carbocycles. The van der Waals surface area contributed by atoms with Crippen LogP contribution in [-0.4, -0.2) is 46.8 Å². The number of phosphoric ester groups is 1. The van der Waals surface area contributed by atoms with E-state index < -0.39 is 34.2 Å². The van der Waals surface area contributed by atoms with Crippen LogP contribution in [0.25, 0.3) is 0 Å². The van der Waals surface area contributed by atoms with Gasteiger partial charge in [0.2, 0.25) is 0 Å². The number of hydrogen-bond acceptors (Lipinski definition) is 8. The molecule has 0 amide bonds. The Morgan fingerprint density at radius 2 is 1.38 bits per heavy atom. The summed E-state index contributed by atoms with van der Waals surface area (Å²) in [5.41, 5.74) is 0. The molecule has 0 saturated carbocycles. The minimum absolute atomic E-state index is 0.833. The zero-order valence-corrected chi connectivity index (χ0v) is 9.08. The normalized spacial score (nSPS) is 10.2. The summed E-state index contributed by atoms with van der Waals surface area (Å²) in [6.07, 6.45) is 0.833. The molecule has 0 saturated heterocycles. The van der Waals surface area contributed by atoms with E-state index in [0.717, 1.165) is 6.08 Å². The van der Waals surface area contributed by atoms with Gasteiger partial charge in [-0.1, -0.05) is 6.58 Å². The summed E-state index contributed by atoms with van der Waals surface area (Å²) in [7, 11) is -3.97. The van der Waals surface area contributed by atoms with Gasteiger partial charge in [-0.2, -0.15) is 0 Å². The van der Waals surface area contributed by atoms with Gasteiger partial charge < -0.3 is 20.4 Å². The van der Waals surface area contributed by atoms with Crippen LogP contribution in [0.5, 0.6) is 0 Å². The number of aliphatic carboxylic acids is 1. The van der Waals surface area contributed by atoms with Gasteiger partial charge >= 0.3 is 13.8 Å². The summed E-state index contributed by atoms with van der Waals surface area (Å²) in [4.78, 5) is 9.25. The predicted octanol–water partition coefficient (Wildman–Crippen LogP) is -0.749. The second-order valence-corrected chi connectivity index (χ2v) is 3.43. The number of rotatable bonds is 7.